The van der Waals surface area contributed by atoms with Crippen LogP contribution in [-0.4, -0.2) is 50.1 Å². The Balaban J connectivity index is 1.52. The number of carbonyl (C=O) groups excluding carboxylic acids is 2. The molecule has 0 radical (unpaired) electrons. The molecule has 0 spiro atoms. The highest BCUT2D eigenvalue weighted by molar-refractivity contribution is 5.94. The van der Waals surface area contributed by atoms with Gasteiger partial charge in [-0.05, 0) is 62.6 Å². The highest BCUT2D eigenvalue weighted by atomic mass is 16.6. The maximum atomic E-state index is 13.7. The van der Waals surface area contributed by atoms with Crippen molar-refractivity contribution in [2.24, 2.45) is 0 Å². The Bertz CT molecular complexity index is 1230. The molecule has 0 fully saturated rings. The van der Waals surface area contributed by atoms with Gasteiger partial charge in [-0.15, -0.1) is 5.10 Å². The van der Waals surface area contributed by atoms with E-state index in [0.717, 1.165) is 29.7 Å². The molecule has 4 rings (SSSR count). The molecule has 0 bridgehead atoms. The van der Waals surface area contributed by atoms with E-state index in [-0.39, 0.29) is 12.5 Å². The van der Waals surface area contributed by atoms with Gasteiger partial charge in [-0.2, -0.15) is 4.68 Å². The number of benzene rings is 2. The summed E-state index contributed by atoms with van der Waals surface area (Å²) in [5.74, 6) is 0.470. The first-order valence-corrected chi connectivity index (χ1v) is 13.4. The van der Waals surface area contributed by atoms with Crippen LogP contribution in [0.3, 0.4) is 0 Å². The van der Waals surface area contributed by atoms with E-state index in [1.807, 2.05) is 51.1 Å². The second-order valence-corrected chi connectivity index (χ2v) is 10.7. The molecule has 1 aliphatic heterocycles. The van der Waals surface area contributed by atoms with Crippen molar-refractivity contribution in [2.45, 2.75) is 90.8 Å². The number of fused-ring (bicyclic) bond motifs is 2. The first-order chi connectivity index (χ1) is 17.8. The first-order valence-electron chi connectivity index (χ1n) is 13.4. The molecule has 2 aromatic carbocycles. The van der Waals surface area contributed by atoms with Crippen LogP contribution in [0.4, 0.5) is 4.79 Å². The van der Waals surface area contributed by atoms with Gasteiger partial charge in [0.2, 0.25) is 0 Å². The summed E-state index contributed by atoms with van der Waals surface area (Å²) in [5, 5.41) is 8.21. The molecule has 0 saturated carbocycles. The van der Waals surface area contributed by atoms with E-state index in [1.54, 1.807) is 12.1 Å². The Hall–Kier alpha value is -3.42. The first kappa shape index (κ1) is 26.6. The minimum atomic E-state index is -0.762. The highest BCUT2D eigenvalue weighted by Crippen LogP contribution is 2.30. The second-order valence-electron chi connectivity index (χ2n) is 10.7. The van der Waals surface area contributed by atoms with Crippen molar-refractivity contribution in [2.75, 3.05) is 6.61 Å². The average molecular weight is 507 g/mol. The average Bonchev–Trinajstić information content (AvgIpc) is 3.30. The van der Waals surface area contributed by atoms with E-state index < -0.39 is 17.7 Å². The van der Waals surface area contributed by atoms with Crippen molar-refractivity contribution in [3.05, 3.63) is 53.6 Å². The number of para-hydroxylation sites is 1. The number of hydrogen-bond donors (Lipinski definition) is 0. The van der Waals surface area contributed by atoms with E-state index >= 15 is 0 Å². The molecule has 1 amide bonds. The quantitative estimate of drug-likeness (QED) is 0.323. The normalized spacial score (nSPS) is 15.5. The minimum absolute atomic E-state index is 0.251. The number of carbonyl (C=O) groups is 2. The van der Waals surface area contributed by atoms with Crippen molar-refractivity contribution in [1.29, 1.82) is 0 Å². The zero-order valence-electron chi connectivity index (χ0n) is 22.4. The summed E-state index contributed by atoms with van der Waals surface area (Å²) < 4.78 is 13.0. The number of ether oxygens (including phenoxy) is 2. The fraction of sp³-hybridized carbons (Fsp3) is 0.517. The van der Waals surface area contributed by atoms with E-state index in [2.05, 4.69) is 17.2 Å². The molecule has 0 saturated heterocycles. The van der Waals surface area contributed by atoms with Gasteiger partial charge < -0.3 is 9.47 Å². The number of unbranched alkanes of at least 4 members (excludes halogenated alkanes) is 5. The number of nitrogens with zero attached hydrogens (tertiary/aromatic N) is 4. The third-order valence-electron chi connectivity index (χ3n) is 6.55. The van der Waals surface area contributed by atoms with Gasteiger partial charge in [0.15, 0.2) is 0 Å². The molecule has 1 atom stereocenters. The number of amides is 1. The van der Waals surface area contributed by atoms with Crippen LogP contribution in [0.25, 0.3) is 11.0 Å². The van der Waals surface area contributed by atoms with E-state index in [9.17, 15) is 9.59 Å². The van der Waals surface area contributed by atoms with Gasteiger partial charge in [-0.25, -0.2) is 4.79 Å². The van der Waals surface area contributed by atoms with Crippen LogP contribution in [0, 0.1) is 0 Å². The van der Waals surface area contributed by atoms with E-state index in [0.29, 0.717) is 24.1 Å². The lowest BCUT2D eigenvalue weighted by atomic mass is 9.93. The summed E-state index contributed by atoms with van der Waals surface area (Å²) in [6, 6.07) is 12.5. The summed E-state index contributed by atoms with van der Waals surface area (Å²) >= 11 is 0. The maximum Gasteiger partial charge on any atom is 0.411 e. The molecular formula is C29H38N4O4. The smallest absolute Gasteiger partial charge is 0.411 e. The van der Waals surface area contributed by atoms with Crippen LogP contribution in [0.2, 0.25) is 0 Å². The van der Waals surface area contributed by atoms with E-state index in [4.69, 9.17) is 9.47 Å². The minimum Gasteiger partial charge on any atom is -0.494 e. The summed E-state index contributed by atoms with van der Waals surface area (Å²) in [6.45, 7) is 8.59. The molecule has 37 heavy (non-hydrogen) atoms. The van der Waals surface area contributed by atoms with Gasteiger partial charge in [-0.3, -0.25) is 9.69 Å². The standard InChI is InChI=1S/C29H38N4O4/c1-5-6-7-8-9-12-17-36-23-16-15-21-19-26(27(34)33-25-14-11-10-13-24(25)30-31-33)32(20-22(21)18-23)28(35)37-29(2,3)4/h10-11,13-16,18,26H,5-9,12,17,19-20H2,1-4H3. The predicted molar refractivity (Wildman–Crippen MR) is 143 cm³/mol. The Morgan fingerprint density at radius 3 is 2.54 bits per heavy atom. The number of aromatic nitrogens is 3. The van der Waals surface area contributed by atoms with Crippen molar-refractivity contribution >= 4 is 23.0 Å². The lowest BCUT2D eigenvalue weighted by Crippen LogP contribution is -2.51. The second kappa shape index (κ2) is 11.8. The Labute approximate surface area is 218 Å². The van der Waals surface area contributed by atoms with Gasteiger partial charge >= 0.3 is 6.09 Å². The Kier molecular flexibility index (Phi) is 8.46. The molecule has 8 nitrogen and oxygen atoms in total. The zero-order chi connectivity index (χ0) is 26.4. The van der Waals surface area contributed by atoms with Crippen LogP contribution in [-0.2, 0) is 17.7 Å². The maximum absolute atomic E-state index is 13.7. The monoisotopic (exact) mass is 506 g/mol. The topological polar surface area (TPSA) is 86.5 Å². The van der Waals surface area contributed by atoms with Crippen LogP contribution >= 0.6 is 0 Å². The SMILES string of the molecule is CCCCCCCCOc1ccc2c(c1)CN(C(=O)OC(C)(C)C)C(C(=O)n1nnc3ccccc31)C2. The predicted octanol–water partition coefficient (Wildman–Crippen LogP) is 6.17. The van der Waals surface area contributed by atoms with Crippen molar-refractivity contribution in [3.63, 3.8) is 0 Å². The lowest BCUT2D eigenvalue weighted by Gasteiger charge is -2.36. The van der Waals surface area contributed by atoms with Crippen molar-refractivity contribution < 1.29 is 19.1 Å². The van der Waals surface area contributed by atoms with E-state index in [1.165, 1.54) is 35.3 Å². The zero-order valence-corrected chi connectivity index (χ0v) is 22.4. The third kappa shape index (κ3) is 6.67. The Morgan fingerprint density at radius 1 is 1.00 bits per heavy atom. The van der Waals surface area contributed by atoms with Crippen molar-refractivity contribution in [1.82, 2.24) is 19.9 Å². The summed E-state index contributed by atoms with van der Waals surface area (Å²) in [5.41, 5.74) is 2.52. The molecule has 2 heterocycles. The number of hydrogen-bond acceptors (Lipinski definition) is 6. The molecule has 1 unspecified atom stereocenters. The summed E-state index contributed by atoms with van der Waals surface area (Å²) in [7, 11) is 0. The molecule has 0 N–H and O–H groups in total. The van der Waals surface area contributed by atoms with Crippen LogP contribution in [0.1, 0.15) is 82.1 Å². The van der Waals surface area contributed by atoms with Gasteiger partial charge in [0.25, 0.3) is 5.91 Å². The fourth-order valence-corrected chi connectivity index (χ4v) is 4.63. The highest BCUT2D eigenvalue weighted by Gasteiger charge is 2.38. The van der Waals surface area contributed by atoms with Crippen molar-refractivity contribution in [3.8, 4) is 5.75 Å². The third-order valence-corrected chi connectivity index (χ3v) is 6.55. The molecule has 1 aliphatic rings. The summed E-state index contributed by atoms with van der Waals surface area (Å²) in [6.07, 6.45) is 7.07. The molecule has 198 valence electrons. The Morgan fingerprint density at radius 2 is 1.76 bits per heavy atom. The molecule has 3 aromatic rings. The van der Waals surface area contributed by atoms with Gasteiger partial charge in [0, 0.05) is 6.42 Å². The largest absolute Gasteiger partial charge is 0.494 e. The van der Waals surface area contributed by atoms with Crippen LogP contribution in [0.15, 0.2) is 42.5 Å². The lowest BCUT2D eigenvalue weighted by molar-refractivity contribution is 0.0105. The molecule has 1 aromatic heterocycles. The van der Waals surface area contributed by atoms with Gasteiger partial charge in [0.05, 0.1) is 18.7 Å². The van der Waals surface area contributed by atoms with Gasteiger partial charge in [-0.1, -0.05) is 62.4 Å². The van der Waals surface area contributed by atoms with Crippen LogP contribution in [0.5, 0.6) is 5.75 Å². The summed E-state index contributed by atoms with van der Waals surface area (Å²) in [4.78, 5) is 28.4. The van der Waals surface area contributed by atoms with Gasteiger partial charge in [0.1, 0.15) is 22.9 Å². The van der Waals surface area contributed by atoms with Crippen LogP contribution < -0.4 is 4.74 Å². The fourth-order valence-electron chi connectivity index (χ4n) is 4.63. The molecular weight excluding hydrogens is 468 g/mol. The number of rotatable bonds is 9. The molecule has 8 heteroatoms. The molecule has 0 aliphatic carbocycles.